The van der Waals surface area contributed by atoms with E-state index in [4.69, 9.17) is 5.73 Å². The van der Waals surface area contributed by atoms with Crippen LogP contribution in [0.4, 0.5) is 5.82 Å². The lowest BCUT2D eigenvalue weighted by Crippen LogP contribution is -2.43. The van der Waals surface area contributed by atoms with Crippen molar-refractivity contribution in [1.29, 1.82) is 5.26 Å². The number of nitrogens with zero attached hydrogens (tertiary/aromatic N) is 4. The molecule has 166 valence electrons. The summed E-state index contributed by atoms with van der Waals surface area (Å²) in [4.78, 5) is 16.3. The Hall–Kier alpha value is -3.54. The van der Waals surface area contributed by atoms with E-state index in [-0.39, 0.29) is 18.0 Å². The maximum Gasteiger partial charge on any atom is 0.242 e. The summed E-state index contributed by atoms with van der Waals surface area (Å²) in [5, 5.41) is 23.3. The first-order valence-corrected chi connectivity index (χ1v) is 10.4. The second kappa shape index (κ2) is 11.0. The van der Waals surface area contributed by atoms with Gasteiger partial charge in [0.25, 0.3) is 0 Å². The summed E-state index contributed by atoms with van der Waals surface area (Å²) < 4.78 is 1.60. The van der Waals surface area contributed by atoms with E-state index in [9.17, 15) is 10.1 Å². The van der Waals surface area contributed by atoms with Crippen LogP contribution >= 0.6 is 0 Å². The van der Waals surface area contributed by atoms with E-state index in [1.165, 1.54) is 0 Å². The lowest BCUT2D eigenvalue weighted by Gasteiger charge is -2.20. The third-order valence-corrected chi connectivity index (χ3v) is 4.23. The molecule has 1 aromatic carbocycles. The van der Waals surface area contributed by atoms with Gasteiger partial charge in [0.15, 0.2) is 5.96 Å². The minimum atomic E-state index is -0.290. The van der Waals surface area contributed by atoms with Crippen LogP contribution in [0.2, 0.25) is 0 Å². The Morgan fingerprint density at radius 2 is 1.97 bits per heavy atom. The molecule has 0 spiro atoms. The van der Waals surface area contributed by atoms with E-state index in [1.807, 2.05) is 58.0 Å². The first-order valence-electron chi connectivity index (χ1n) is 10.4. The molecule has 9 nitrogen and oxygen atoms in total. The van der Waals surface area contributed by atoms with Gasteiger partial charge in [-0.1, -0.05) is 18.2 Å². The summed E-state index contributed by atoms with van der Waals surface area (Å²) in [7, 11) is 0. The summed E-state index contributed by atoms with van der Waals surface area (Å²) in [6.45, 7) is 9.09. The average molecular weight is 425 g/mol. The molecule has 1 amide bonds. The van der Waals surface area contributed by atoms with Gasteiger partial charge in [0.1, 0.15) is 24.0 Å². The Morgan fingerprint density at radius 1 is 1.26 bits per heavy atom. The topological polar surface area (TPSA) is 133 Å². The van der Waals surface area contributed by atoms with Crippen molar-refractivity contribution in [3.63, 3.8) is 0 Å². The Kier molecular flexibility index (Phi) is 8.43. The predicted molar refractivity (Wildman–Crippen MR) is 123 cm³/mol. The second-order valence-corrected chi connectivity index (χ2v) is 8.09. The zero-order valence-electron chi connectivity index (χ0n) is 18.7. The lowest BCUT2D eigenvalue weighted by atomic mass is 10.1. The molecule has 9 heteroatoms. The van der Waals surface area contributed by atoms with Crippen LogP contribution in [0.3, 0.4) is 0 Å². The van der Waals surface area contributed by atoms with Crippen LogP contribution in [-0.2, 0) is 11.2 Å². The molecule has 0 saturated heterocycles. The molecule has 5 N–H and O–H groups in total. The molecule has 0 fully saturated rings. The number of nitrogens with two attached hydrogens (primary N) is 1. The summed E-state index contributed by atoms with van der Waals surface area (Å²) in [6, 6.07) is 11.7. The molecule has 0 aliphatic heterocycles. The van der Waals surface area contributed by atoms with Crippen LogP contribution in [-0.4, -0.2) is 46.8 Å². The van der Waals surface area contributed by atoms with E-state index in [2.05, 4.69) is 32.1 Å². The number of rotatable bonds is 8. The van der Waals surface area contributed by atoms with E-state index in [0.717, 1.165) is 12.1 Å². The average Bonchev–Trinajstić information content (AvgIpc) is 3.04. The van der Waals surface area contributed by atoms with Crippen molar-refractivity contribution >= 4 is 17.7 Å². The van der Waals surface area contributed by atoms with Gasteiger partial charge >= 0.3 is 0 Å². The molecule has 0 radical (unpaired) electrons. The van der Waals surface area contributed by atoms with Gasteiger partial charge in [-0.2, -0.15) is 10.4 Å². The smallest absolute Gasteiger partial charge is 0.242 e. The second-order valence-electron chi connectivity index (χ2n) is 8.09. The van der Waals surface area contributed by atoms with Crippen molar-refractivity contribution < 1.29 is 4.79 Å². The summed E-state index contributed by atoms with van der Waals surface area (Å²) in [6.07, 6.45) is 1.31. The Bertz CT molecular complexity index is 935. The maximum absolute atomic E-state index is 12.0. The largest absolute Gasteiger partial charge is 0.382 e. The zero-order valence-corrected chi connectivity index (χ0v) is 18.7. The van der Waals surface area contributed by atoms with Gasteiger partial charge in [-0.3, -0.25) is 4.79 Å². The number of para-hydroxylation sites is 1. The number of nitrogens with one attached hydrogen (secondary N) is 3. The highest BCUT2D eigenvalue weighted by Gasteiger charge is 2.16. The Balaban J connectivity index is 1.95. The lowest BCUT2D eigenvalue weighted by molar-refractivity contribution is -0.121. The molecule has 0 aliphatic carbocycles. The van der Waals surface area contributed by atoms with Gasteiger partial charge in [0.05, 0.1) is 11.4 Å². The molecule has 31 heavy (non-hydrogen) atoms. The number of nitriles is 1. The van der Waals surface area contributed by atoms with Crippen LogP contribution in [0.25, 0.3) is 5.69 Å². The number of aliphatic imine (C=N–C) groups is 1. The molecule has 2 aromatic rings. The van der Waals surface area contributed by atoms with Crippen LogP contribution in [0.15, 0.2) is 35.3 Å². The minimum absolute atomic E-state index is 0.0448. The van der Waals surface area contributed by atoms with Crippen LogP contribution in [0.1, 0.15) is 45.4 Å². The Labute approximate surface area is 183 Å². The van der Waals surface area contributed by atoms with Gasteiger partial charge in [-0.25, -0.2) is 9.67 Å². The number of nitrogen functional groups attached to an aromatic ring is 1. The minimum Gasteiger partial charge on any atom is -0.382 e. The quantitative estimate of drug-likeness (QED) is 0.290. The first-order chi connectivity index (χ1) is 14.7. The molecular weight excluding hydrogens is 392 g/mol. The number of aromatic nitrogens is 2. The predicted octanol–water partition coefficient (Wildman–Crippen LogP) is 1.73. The number of carbonyl (C=O) groups excluding carboxylic acids is 1. The summed E-state index contributed by atoms with van der Waals surface area (Å²) >= 11 is 0. The number of amides is 1. The van der Waals surface area contributed by atoms with E-state index in [1.54, 1.807) is 4.68 Å². The molecule has 0 aliphatic rings. The summed E-state index contributed by atoms with van der Waals surface area (Å²) in [5.41, 5.74) is 7.74. The monoisotopic (exact) mass is 424 g/mol. The molecule has 2 rings (SSSR count). The van der Waals surface area contributed by atoms with Crippen molar-refractivity contribution in [1.82, 2.24) is 25.7 Å². The van der Waals surface area contributed by atoms with Crippen molar-refractivity contribution in [2.24, 2.45) is 4.99 Å². The number of carbonyl (C=O) groups is 1. The fourth-order valence-corrected chi connectivity index (χ4v) is 2.95. The number of guanidine groups is 1. The van der Waals surface area contributed by atoms with Crippen LogP contribution in [0.5, 0.6) is 0 Å². The number of hydrogen-bond donors (Lipinski definition) is 4. The fraction of sp³-hybridized carbons (Fsp3) is 0.455. The molecule has 0 unspecified atom stereocenters. The van der Waals surface area contributed by atoms with Crippen molar-refractivity contribution in [2.45, 2.75) is 46.1 Å². The van der Waals surface area contributed by atoms with Gasteiger partial charge < -0.3 is 21.7 Å². The molecule has 0 atom stereocenters. The molecule has 1 heterocycles. The van der Waals surface area contributed by atoms with E-state index < -0.39 is 0 Å². The van der Waals surface area contributed by atoms with E-state index in [0.29, 0.717) is 42.5 Å². The molecule has 0 saturated carbocycles. The number of aryl methyl sites for hydroxylation is 1. The van der Waals surface area contributed by atoms with Crippen molar-refractivity contribution in [3.05, 3.63) is 41.6 Å². The Morgan fingerprint density at radius 3 is 2.58 bits per heavy atom. The molecule has 1 aromatic heterocycles. The van der Waals surface area contributed by atoms with E-state index >= 15 is 0 Å². The summed E-state index contributed by atoms with van der Waals surface area (Å²) in [5.74, 6) is 0.781. The standard InChI is InChI=1S/C22H32N8O/c1-5-25-21(27-15-19(31)28-22(2,3)4)26-13-9-12-18-17(14-23)20(24)30(29-18)16-10-7-6-8-11-16/h6-8,10-11H,5,9,12-13,15,24H2,1-4H3,(H,28,31)(H2,25,26,27). The fourth-order valence-electron chi connectivity index (χ4n) is 2.95. The number of hydrogen-bond acceptors (Lipinski definition) is 5. The van der Waals surface area contributed by atoms with Crippen LogP contribution < -0.4 is 21.7 Å². The normalized spacial score (nSPS) is 11.6. The zero-order chi connectivity index (χ0) is 22.9. The van der Waals surface area contributed by atoms with Crippen LogP contribution in [0, 0.1) is 11.3 Å². The van der Waals surface area contributed by atoms with Gasteiger partial charge in [0, 0.05) is 18.6 Å². The van der Waals surface area contributed by atoms with Gasteiger partial charge in [0.2, 0.25) is 5.91 Å². The third kappa shape index (κ3) is 7.33. The highest BCUT2D eigenvalue weighted by atomic mass is 16.2. The first kappa shape index (κ1) is 23.7. The van der Waals surface area contributed by atoms with Crippen molar-refractivity contribution in [3.8, 4) is 11.8 Å². The number of anilines is 1. The highest BCUT2D eigenvalue weighted by molar-refractivity contribution is 5.85. The van der Waals surface area contributed by atoms with Crippen molar-refractivity contribution in [2.75, 3.05) is 25.4 Å². The number of benzene rings is 1. The third-order valence-electron chi connectivity index (χ3n) is 4.23. The molecular formula is C22H32N8O. The SMILES string of the molecule is CCNC(=NCC(=O)NC(C)(C)C)NCCCc1nn(-c2ccccc2)c(N)c1C#N. The van der Waals surface area contributed by atoms with Gasteiger partial charge in [-0.15, -0.1) is 0 Å². The highest BCUT2D eigenvalue weighted by Crippen LogP contribution is 2.21. The molecule has 0 bridgehead atoms. The maximum atomic E-state index is 12.0. The van der Waals surface area contributed by atoms with Gasteiger partial charge in [-0.05, 0) is 52.7 Å².